The number of aromatic nitrogens is 2. The maximum atomic E-state index is 12.5. The van der Waals surface area contributed by atoms with Crippen LogP contribution in [0.2, 0.25) is 0 Å². The first-order valence-corrected chi connectivity index (χ1v) is 3.91. The van der Waals surface area contributed by atoms with Crippen LogP contribution in [-0.2, 0) is 6.42 Å². The Morgan fingerprint density at radius 3 is 2.69 bits per heavy atom. The molecule has 0 saturated carbocycles. The van der Waals surface area contributed by atoms with Gasteiger partial charge in [0.1, 0.15) is 5.82 Å². The molecule has 4 heteroatoms. The standard InChI is InChI=1S/C9H7FN2O/c10-8-3-1-7(2-4-8)5-9-6-11-12-13-9/h1-4,6H,5H2/p+1. The van der Waals surface area contributed by atoms with Crippen molar-refractivity contribution < 1.29 is 14.0 Å². The summed E-state index contributed by atoms with van der Waals surface area (Å²) in [6.07, 6.45) is 2.29. The van der Waals surface area contributed by atoms with Crippen molar-refractivity contribution in [3.05, 3.63) is 47.6 Å². The quantitative estimate of drug-likeness (QED) is 0.695. The minimum Gasteiger partial charge on any atom is -0.305 e. The summed E-state index contributed by atoms with van der Waals surface area (Å²) in [5.74, 6) is 0.500. The van der Waals surface area contributed by atoms with Crippen molar-refractivity contribution in [2.75, 3.05) is 0 Å². The van der Waals surface area contributed by atoms with Crippen LogP contribution >= 0.6 is 0 Å². The molecule has 0 aliphatic heterocycles. The molecule has 0 aliphatic carbocycles. The summed E-state index contributed by atoms with van der Waals surface area (Å²) in [5.41, 5.74) is 0.992. The Hall–Kier alpha value is -1.71. The largest absolute Gasteiger partial charge is 0.305 e. The van der Waals surface area contributed by atoms with E-state index in [4.69, 9.17) is 4.52 Å². The molecule has 0 amide bonds. The number of hydrogen-bond donors (Lipinski definition) is 0. The topological polar surface area (TPSA) is 40.2 Å². The van der Waals surface area contributed by atoms with E-state index in [0.717, 1.165) is 11.3 Å². The molecule has 0 unspecified atom stereocenters. The van der Waals surface area contributed by atoms with E-state index in [1.807, 2.05) is 0 Å². The van der Waals surface area contributed by atoms with Crippen LogP contribution < -0.4 is 5.10 Å². The lowest BCUT2D eigenvalue weighted by Crippen LogP contribution is -1.96. The molecule has 2 aromatic rings. The molecule has 0 radical (unpaired) electrons. The molecule has 0 aliphatic rings. The van der Waals surface area contributed by atoms with Gasteiger partial charge in [-0.3, -0.25) is 0 Å². The van der Waals surface area contributed by atoms with Gasteiger partial charge in [-0.2, -0.15) is 0 Å². The van der Waals surface area contributed by atoms with Gasteiger partial charge in [0.25, 0.3) is 0 Å². The van der Waals surface area contributed by atoms with E-state index in [1.54, 1.807) is 18.3 Å². The maximum absolute atomic E-state index is 12.5. The zero-order valence-corrected chi connectivity index (χ0v) is 6.83. The summed E-state index contributed by atoms with van der Waals surface area (Å²) in [6, 6.07) is 6.29. The molecule has 1 heterocycles. The third-order valence-corrected chi connectivity index (χ3v) is 1.73. The van der Waals surface area contributed by atoms with E-state index >= 15 is 0 Å². The van der Waals surface area contributed by atoms with Crippen LogP contribution in [0.3, 0.4) is 0 Å². The molecule has 0 saturated heterocycles. The Kier molecular flexibility index (Phi) is 2.04. The molecular formula is C9H8FN2O+. The first-order valence-electron chi connectivity index (χ1n) is 3.91. The van der Waals surface area contributed by atoms with Crippen LogP contribution in [0.25, 0.3) is 0 Å². The van der Waals surface area contributed by atoms with Gasteiger partial charge in [0.15, 0.2) is 5.27 Å². The van der Waals surface area contributed by atoms with Crippen LogP contribution in [0, 0.1) is 5.82 Å². The van der Waals surface area contributed by atoms with E-state index in [0.29, 0.717) is 6.42 Å². The van der Waals surface area contributed by atoms with Crippen molar-refractivity contribution in [1.82, 2.24) is 5.27 Å². The smallest absolute Gasteiger partial charge is 0.238 e. The lowest BCUT2D eigenvalue weighted by molar-refractivity contribution is -0.471. The van der Waals surface area contributed by atoms with Crippen molar-refractivity contribution in [3.8, 4) is 0 Å². The lowest BCUT2D eigenvalue weighted by atomic mass is 10.1. The second kappa shape index (κ2) is 3.35. The number of benzene rings is 1. The highest BCUT2D eigenvalue weighted by atomic mass is 19.1. The molecule has 2 rings (SSSR count). The number of hydrogen-bond acceptors (Lipinski definition) is 2. The highest BCUT2D eigenvalue weighted by Gasteiger charge is 2.03. The Morgan fingerprint density at radius 2 is 2.08 bits per heavy atom. The van der Waals surface area contributed by atoms with Crippen LogP contribution in [0.15, 0.2) is 35.0 Å². The number of halogens is 1. The summed E-state index contributed by atoms with van der Waals surface area (Å²) in [7, 11) is 0. The lowest BCUT2D eigenvalue weighted by Gasteiger charge is -1.94. The Balaban J connectivity index is 2.15. The second-order valence-electron chi connectivity index (χ2n) is 2.73. The number of nitrogens with one attached hydrogen (secondary N) is 1. The molecule has 1 aromatic heterocycles. The average molecular weight is 179 g/mol. The summed E-state index contributed by atoms with van der Waals surface area (Å²) in [5, 5.41) is 6.03. The second-order valence-corrected chi connectivity index (χ2v) is 2.73. The van der Waals surface area contributed by atoms with Crippen LogP contribution in [0.4, 0.5) is 4.39 Å². The summed E-state index contributed by atoms with van der Waals surface area (Å²) < 4.78 is 17.4. The van der Waals surface area contributed by atoms with Crippen molar-refractivity contribution >= 4 is 0 Å². The minimum atomic E-state index is -0.229. The highest BCUT2D eigenvalue weighted by molar-refractivity contribution is 5.19. The Bertz CT molecular complexity index is 369. The number of rotatable bonds is 2. The van der Waals surface area contributed by atoms with Crippen molar-refractivity contribution in [2.45, 2.75) is 6.42 Å². The molecule has 0 fully saturated rings. The molecule has 3 nitrogen and oxygen atoms in total. The van der Waals surface area contributed by atoms with Gasteiger partial charge in [-0.15, -0.1) is 0 Å². The fourth-order valence-corrected chi connectivity index (χ4v) is 1.10. The minimum absolute atomic E-state index is 0.229. The molecule has 1 N–H and O–H groups in total. The Labute approximate surface area is 74.2 Å². The molecule has 0 atom stereocenters. The SMILES string of the molecule is Fc1ccc(Cc2c[nH+]no2)cc1. The zero-order chi connectivity index (χ0) is 9.10. The van der Waals surface area contributed by atoms with Crippen molar-refractivity contribution in [1.29, 1.82) is 0 Å². The fraction of sp³-hybridized carbons (Fsp3) is 0.111. The third kappa shape index (κ3) is 1.90. The first-order chi connectivity index (χ1) is 6.34. The van der Waals surface area contributed by atoms with Gasteiger partial charge >= 0.3 is 0 Å². The fourth-order valence-electron chi connectivity index (χ4n) is 1.10. The van der Waals surface area contributed by atoms with Gasteiger partial charge in [-0.1, -0.05) is 17.2 Å². The highest BCUT2D eigenvalue weighted by Crippen LogP contribution is 2.07. The summed E-state index contributed by atoms with van der Waals surface area (Å²) in [6.45, 7) is 0. The summed E-state index contributed by atoms with van der Waals surface area (Å²) >= 11 is 0. The van der Waals surface area contributed by atoms with Gasteiger partial charge < -0.3 is 4.52 Å². The van der Waals surface area contributed by atoms with Crippen LogP contribution in [-0.4, -0.2) is 5.27 Å². The van der Waals surface area contributed by atoms with Crippen LogP contribution in [0.5, 0.6) is 0 Å². The van der Waals surface area contributed by atoms with E-state index < -0.39 is 0 Å². The number of aromatic amines is 1. The average Bonchev–Trinajstić information content (AvgIpc) is 2.62. The normalized spacial score (nSPS) is 10.2. The van der Waals surface area contributed by atoms with Crippen molar-refractivity contribution in [2.24, 2.45) is 0 Å². The molecule has 0 bridgehead atoms. The van der Waals surface area contributed by atoms with Gasteiger partial charge in [-0.05, 0) is 17.7 Å². The molecule has 13 heavy (non-hydrogen) atoms. The van der Waals surface area contributed by atoms with Crippen LogP contribution in [0.1, 0.15) is 11.3 Å². The Morgan fingerprint density at radius 1 is 1.31 bits per heavy atom. The van der Waals surface area contributed by atoms with Gasteiger partial charge in [-0.25, -0.2) is 4.39 Å². The monoisotopic (exact) mass is 179 g/mol. The first kappa shape index (κ1) is 7.91. The van der Waals surface area contributed by atoms with Gasteiger partial charge in [0.2, 0.25) is 12.0 Å². The summed E-state index contributed by atoms with van der Waals surface area (Å²) in [4.78, 5) is 0. The number of H-pyrrole nitrogens is 1. The zero-order valence-electron chi connectivity index (χ0n) is 6.83. The molecular weight excluding hydrogens is 171 g/mol. The predicted octanol–water partition coefficient (Wildman–Crippen LogP) is 1.22. The van der Waals surface area contributed by atoms with Crippen molar-refractivity contribution in [3.63, 3.8) is 0 Å². The van der Waals surface area contributed by atoms with E-state index in [9.17, 15) is 4.39 Å². The van der Waals surface area contributed by atoms with E-state index in [2.05, 4.69) is 10.4 Å². The molecule has 1 aromatic carbocycles. The number of nitrogens with zero attached hydrogens (tertiary/aromatic N) is 1. The van der Waals surface area contributed by atoms with Gasteiger partial charge in [0, 0.05) is 6.42 Å². The van der Waals surface area contributed by atoms with E-state index in [-0.39, 0.29) is 5.82 Å². The van der Waals surface area contributed by atoms with E-state index in [1.165, 1.54) is 12.1 Å². The third-order valence-electron chi connectivity index (χ3n) is 1.73. The molecule has 0 spiro atoms. The van der Waals surface area contributed by atoms with Gasteiger partial charge in [0.05, 0.1) is 0 Å². The maximum Gasteiger partial charge on any atom is 0.238 e. The predicted molar refractivity (Wildman–Crippen MR) is 42.3 cm³/mol. The molecule has 66 valence electrons.